The van der Waals surface area contributed by atoms with Gasteiger partial charge in [0.05, 0.1) is 24.5 Å². The SMILES string of the molecule is CCOc1ccc(CCNC(=O)C2CCCN(c3nc(C)nc4oc(C)c(C)c34)C2)cc1OCC. The Hall–Kier alpha value is -3.29. The van der Waals surface area contributed by atoms with Crippen molar-refractivity contribution in [3.05, 3.63) is 40.9 Å². The third kappa shape index (κ3) is 5.52. The Morgan fingerprint density at radius 1 is 1.14 bits per heavy atom. The molecular formula is C27H36N4O4. The van der Waals surface area contributed by atoms with Gasteiger partial charge in [-0.2, -0.15) is 4.98 Å². The van der Waals surface area contributed by atoms with Gasteiger partial charge in [-0.25, -0.2) is 4.98 Å². The van der Waals surface area contributed by atoms with E-state index in [2.05, 4.69) is 15.2 Å². The fourth-order valence-electron chi connectivity index (χ4n) is 4.67. The minimum atomic E-state index is -0.0818. The van der Waals surface area contributed by atoms with Crippen LogP contribution in [0.2, 0.25) is 0 Å². The number of nitrogens with zero attached hydrogens (tertiary/aromatic N) is 3. The number of hydrogen-bond donors (Lipinski definition) is 1. The predicted octanol–water partition coefficient (Wildman–Crippen LogP) is 4.52. The number of nitrogens with one attached hydrogen (secondary N) is 1. The fourth-order valence-corrected chi connectivity index (χ4v) is 4.67. The van der Waals surface area contributed by atoms with Crippen molar-refractivity contribution in [2.75, 3.05) is 37.7 Å². The minimum absolute atomic E-state index is 0.0818. The van der Waals surface area contributed by atoms with E-state index in [0.717, 1.165) is 65.4 Å². The van der Waals surface area contributed by atoms with Crippen LogP contribution in [0.3, 0.4) is 0 Å². The first-order valence-corrected chi connectivity index (χ1v) is 12.6. The van der Waals surface area contributed by atoms with Crippen molar-refractivity contribution in [2.24, 2.45) is 5.92 Å². The van der Waals surface area contributed by atoms with Gasteiger partial charge < -0.3 is 24.1 Å². The lowest BCUT2D eigenvalue weighted by atomic mass is 9.96. The number of aromatic nitrogens is 2. The first-order valence-electron chi connectivity index (χ1n) is 12.6. The average Bonchev–Trinajstić information content (AvgIpc) is 3.13. The quantitative estimate of drug-likeness (QED) is 0.482. The molecule has 1 N–H and O–H groups in total. The Balaban J connectivity index is 1.39. The highest BCUT2D eigenvalue weighted by Crippen LogP contribution is 2.33. The predicted molar refractivity (Wildman–Crippen MR) is 136 cm³/mol. The maximum absolute atomic E-state index is 13.0. The van der Waals surface area contributed by atoms with Crippen LogP contribution in [0.15, 0.2) is 22.6 Å². The van der Waals surface area contributed by atoms with Crippen LogP contribution in [0.5, 0.6) is 11.5 Å². The number of carbonyl (C=O) groups is 1. The van der Waals surface area contributed by atoms with Crippen molar-refractivity contribution in [3.63, 3.8) is 0 Å². The molecule has 3 aromatic rings. The van der Waals surface area contributed by atoms with Gasteiger partial charge in [0.25, 0.3) is 0 Å². The standard InChI is InChI=1S/C27H36N4O4/c1-6-33-22-11-10-20(15-23(22)34-7-2)12-13-28-26(32)21-9-8-14-31(16-21)25-24-17(3)18(4)35-27(24)30-19(5)29-25/h10-11,15,21H,6-9,12-14,16H2,1-5H3,(H,28,32). The van der Waals surface area contributed by atoms with Crippen molar-refractivity contribution in [1.82, 2.24) is 15.3 Å². The van der Waals surface area contributed by atoms with Crippen molar-refractivity contribution >= 4 is 22.8 Å². The zero-order valence-corrected chi connectivity index (χ0v) is 21.4. The molecule has 1 aliphatic rings. The van der Waals surface area contributed by atoms with E-state index < -0.39 is 0 Å². The topological polar surface area (TPSA) is 89.7 Å². The van der Waals surface area contributed by atoms with Crippen molar-refractivity contribution in [3.8, 4) is 11.5 Å². The van der Waals surface area contributed by atoms with Crippen LogP contribution in [0.1, 0.15) is 49.4 Å². The van der Waals surface area contributed by atoms with Gasteiger partial charge in [-0.1, -0.05) is 6.07 Å². The van der Waals surface area contributed by atoms with Crippen LogP contribution in [0, 0.1) is 26.7 Å². The number of anilines is 1. The Morgan fingerprint density at radius 3 is 2.69 bits per heavy atom. The summed E-state index contributed by atoms with van der Waals surface area (Å²) in [5.41, 5.74) is 2.78. The molecule has 1 unspecified atom stereocenters. The van der Waals surface area contributed by atoms with Gasteiger partial charge in [0.2, 0.25) is 11.6 Å². The number of rotatable bonds is 9. The van der Waals surface area contributed by atoms with Crippen LogP contribution in [-0.2, 0) is 11.2 Å². The molecule has 0 radical (unpaired) electrons. The molecule has 2 aromatic heterocycles. The number of ether oxygens (including phenoxy) is 2. The van der Waals surface area contributed by atoms with Crippen LogP contribution >= 0.6 is 0 Å². The highest BCUT2D eigenvalue weighted by Gasteiger charge is 2.29. The van der Waals surface area contributed by atoms with E-state index in [1.165, 1.54) is 0 Å². The Labute approximate surface area is 207 Å². The molecule has 0 saturated carbocycles. The third-order valence-corrected chi connectivity index (χ3v) is 6.53. The molecule has 8 nitrogen and oxygen atoms in total. The van der Waals surface area contributed by atoms with Crippen LogP contribution in [-0.4, -0.2) is 48.7 Å². The molecule has 0 spiro atoms. The van der Waals surface area contributed by atoms with Gasteiger partial charge >= 0.3 is 0 Å². The number of furan rings is 1. The molecule has 1 fully saturated rings. The maximum Gasteiger partial charge on any atom is 0.231 e. The molecule has 188 valence electrons. The largest absolute Gasteiger partial charge is 0.490 e. The number of carbonyl (C=O) groups excluding carboxylic acids is 1. The number of aryl methyl sites for hydroxylation is 3. The van der Waals surface area contributed by atoms with Crippen molar-refractivity contribution < 1.29 is 18.7 Å². The van der Waals surface area contributed by atoms with Gasteiger partial charge in [0.15, 0.2) is 11.5 Å². The zero-order chi connectivity index (χ0) is 24.9. The number of piperidine rings is 1. The monoisotopic (exact) mass is 480 g/mol. The van der Waals surface area contributed by atoms with Gasteiger partial charge in [0, 0.05) is 25.2 Å². The van der Waals surface area contributed by atoms with Gasteiger partial charge in [-0.15, -0.1) is 0 Å². The molecule has 1 saturated heterocycles. The summed E-state index contributed by atoms with van der Waals surface area (Å²) in [6.45, 7) is 13.0. The number of benzene rings is 1. The summed E-state index contributed by atoms with van der Waals surface area (Å²) in [4.78, 5) is 24.5. The smallest absolute Gasteiger partial charge is 0.231 e. The Kier molecular flexibility index (Phi) is 7.78. The number of fused-ring (bicyclic) bond motifs is 1. The summed E-state index contributed by atoms with van der Waals surface area (Å²) < 4.78 is 17.2. The molecule has 4 rings (SSSR count). The van der Waals surface area contributed by atoms with Gasteiger partial charge in [-0.3, -0.25) is 4.79 Å². The van der Waals surface area contributed by atoms with E-state index in [-0.39, 0.29) is 11.8 Å². The molecule has 0 bridgehead atoms. The lowest BCUT2D eigenvalue weighted by Gasteiger charge is -2.33. The van der Waals surface area contributed by atoms with E-state index >= 15 is 0 Å². The molecular weight excluding hydrogens is 444 g/mol. The third-order valence-electron chi connectivity index (χ3n) is 6.53. The molecule has 1 atom stereocenters. The van der Waals surface area contributed by atoms with Crippen molar-refractivity contribution in [1.29, 1.82) is 0 Å². The lowest BCUT2D eigenvalue weighted by molar-refractivity contribution is -0.125. The highest BCUT2D eigenvalue weighted by molar-refractivity contribution is 5.90. The zero-order valence-electron chi connectivity index (χ0n) is 21.4. The number of amides is 1. The Morgan fingerprint density at radius 2 is 1.91 bits per heavy atom. The molecule has 1 amide bonds. The van der Waals surface area contributed by atoms with E-state index in [4.69, 9.17) is 18.9 Å². The molecule has 1 aliphatic heterocycles. The number of hydrogen-bond acceptors (Lipinski definition) is 7. The second-order valence-electron chi connectivity index (χ2n) is 9.03. The first-order chi connectivity index (χ1) is 16.9. The average molecular weight is 481 g/mol. The highest BCUT2D eigenvalue weighted by atomic mass is 16.5. The van der Waals surface area contributed by atoms with Crippen LogP contribution in [0.4, 0.5) is 5.82 Å². The van der Waals surface area contributed by atoms with E-state index in [1.54, 1.807) is 0 Å². The summed E-state index contributed by atoms with van der Waals surface area (Å²) in [6, 6.07) is 5.97. The molecule has 8 heteroatoms. The first kappa shape index (κ1) is 24.8. The summed E-state index contributed by atoms with van der Waals surface area (Å²) in [7, 11) is 0. The second-order valence-corrected chi connectivity index (χ2v) is 9.03. The normalized spacial score (nSPS) is 15.9. The molecule has 1 aromatic carbocycles. The summed E-state index contributed by atoms with van der Waals surface area (Å²) in [5.74, 6) is 3.91. The van der Waals surface area contributed by atoms with Crippen LogP contribution in [0.25, 0.3) is 11.1 Å². The summed E-state index contributed by atoms with van der Waals surface area (Å²) in [5, 5.41) is 4.09. The van der Waals surface area contributed by atoms with E-state index in [9.17, 15) is 4.79 Å². The second kappa shape index (κ2) is 11.0. The minimum Gasteiger partial charge on any atom is -0.490 e. The fraction of sp³-hybridized carbons (Fsp3) is 0.519. The van der Waals surface area contributed by atoms with E-state index in [1.807, 2.05) is 52.8 Å². The van der Waals surface area contributed by atoms with Gasteiger partial charge in [-0.05, 0) is 71.6 Å². The van der Waals surface area contributed by atoms with Crippen molar-refractivity contribution in [2.45, 2.75) is 53.9 Å². The van der Waals surface area contributed by atoms with E-state index in [0.29, 0.717) is 37.8 Å². The van der Waals surface area contributed by atoms with Gasteiger partial charge in [0.1, 0.15) is 17.4 Å². The summed E-state index contributed by atoms with van der Waals surface area (Å²) in [6.07, 6.45) is 2.54. The lowest BCUT2D eigenvalue weighted by Crippen LogP contribution is -2.44. The molecule has 0 aliphatic carbocycles. The maximum atomic E-state index is 13.0. The molecule has 3 heterocycles. The Bertz CT molecular complexity index is 1190. The molecule has 35 heavy (non-hydrogen) atoms. The summed E-state index contributed by atoms with van der Waals surface area (Å²) >= 11 is 0. The van der Waals surface area contributed by atoms with Crippen LogP contribution < -0.4 is 19.7 Å².